The highest BCUT2D eigenvalue weighted by Gasteiger charge is 2.37. The molecule has 0 bridgehead atoms. The third kappa shape index (κ3) is 5.90. The third-order valence-corrected chi connectivity index (χ3v) is 11.3. The summed E-state index contributed by atoms with van der Waals surface area (Å²) in [6.45, 7) is 0. The molecular weight excluding hydrogens is 627 g/mol. The van der Waals surface area contributed by atoms with Crippen molar-refractivity contribution in [3.8, 4) is 22.3 Å². The van der Waals surface area contributed by atoms with Gasteiger partial charge in [0.2, 0.25) is 0 Å². The van der Waals surface area contributed by atoms with Crippen LogP contribution in [0, 0.1) is 0 Å². The zero-order valence-corrected chi connectivity index (χ0v) is 28.6. The number of hydrogen-bond donors (Lipinski definition) is 1. The Kier molecular flexibility index (Phi) is 8.23. The summed E-state index contributed by atoms with van der Waals surface area (Å²) in [6, 6.07) is 35.1. The number of aliphatic imine (C=N–C) groups is 2. The van der Waals surface area contributed by atoms with E-state index in [2.05, 4.69) is 169 Å². The summed E-state index contributed by atoms with van der Waals surface area (Å²) in [6.07, 6.45) is 27.4. The standard InChI is InChI=1S/C46H37N3S/c1-2-6-18-32(17-5-1)44-47-45(33-19-9-4-10-20-33)49-46(48-44)39-25-14-26-42-43(39)40-30-36(27-28-41(40)50-42)38-24-12-11-23-37(38)35-22-13-21-34(29-35)31-15-7-3-8-16-31/h1-3,5,7-9,11-30,40-41,46H,4,6,10H2,(H,47,48,49). The van der Waals surface area contributed by atoms with Crippen LogP contribution >= 0.6 is 11.8 Å². The first kappa shape index (κ1) is 30.6. The van der Waals surface area contributed by atoms with Gasteiger partial charge in [0.1, 0.15) is 11.7 Å². The summed E-state index contributed by atoms with van der Waals surface area (Å²) in [7, 11) is 0. The summed E-state index contributed by atoms with van der Waals surface area (Å²) in [4.78, 5) is 11.9. The highest BCUT2D eigenvalue weighted by atomic mass is 32.2. The predicted molar refractivity (Wildman–Crippen MR) is 211 cm³/mol. The molecule has 50 heavy (non-hydrogen) atoms. The normalized spacial score (nSPS) is 21.9. The number of thioether (sulfide) groups is 1. The Hall–Kier alpha value is -5.45. The molecule has 2 aliphatic heterocycles. The van der Waals surface area contributed by atoms with Gasteiger partial charge in [-0.3, -0.25) is 0 Å². The van der Waals surface area contributed by atoms with Crippen LogP contribution < -0.4 is 5.32 Å². The van der Waals surface area contributed by atoms with Gasteiger partial charge in [-0.25, -0.2) is 9.98 Å². The van der Waals surface area contributed by atoms with Crippen molar-refractivity contribution in [1.82, 2.24) is 5.32 Å². The van der Waals surface area contributed by atoms with Gasteiger partial charge in [0.25, 0.3) is 0 Å². The average molecular weight is 664 g/mol. The van der Waals surface area contributed by atoms with Gasteiger partial charge in [-0.2, -0.15) is 0 Å². The average Bonchev–Trinajstić information content (AvgIpc) is 3.35. The van der Waals surface area contributed by atoms with Crippen LogP contribution in [-0.2, 0) is 0 Å². The van der Waals surface area contributed by atoms with E-state index < -0.39 is 0 Å². The first-order valence-electron chi connectivity index (χ1n) is 17.6. The van der Waals surface area contributed by atoms with Crippen molar-refractivity contribution in [2.75, 3.05) is 0 Å². The molecule has 3 nitrogen and oxygen atoms in total. The van der Waals surface area contributed by atoms with Gasteiger partial charge in [0.15, 0.2) is 6.17 Å². The Morgan fingerprint density at radius 1 is 0.620 bits per heavy atom. The summed E-state index contributed by atoms with van der Waals surface area (Å²) >= 11 is 1.96. The van der Waals surface area contributed by atoms with E-state index in [0.717, 1.165) is 42.1 Å². The highest BCUT2D eigenvalue weighted by Crippen LogP contribution is 2.53. The van der Waals surface area contributed by atoms with Crippen molar-refractivity contribution in [3.63, 3.8) is 0 Å². The molecule has 0 spiro atoms. The fourth-order valence-corrected chi connectivity index (χ4v) is 8.85. The molecule has 3 atom stereocenters. The molecule has 4 aromatic carbocycles. The van der Waals surface area contributed by atoms with E-state index in [1.165, 1.54) is 49.4 Å². The molecule has 2 heterocycles. The molecule has 0 aromatic heterocycles. The predicted octanol–water partition coefficient (Wildman–Crippen LogP) is 11.3. The van der Waals surface area contributed by atoms with E-state index in [0.29, 0.717) is 5.25 Å². The van der Waals surface area contributed by atoms with Crippen LogP contribution in [0.1, 0.15) is 48.0 Å². The molecule has 0 amide bonds. The molecule has 5 aliphatic rings. The lowest BCUT2D eigenvalue weighted by atomic mass is 9.83. The molecular formula is C46H37N3S. The molecule has 4 aromatic rings. The Morgan fingerprint density at radius 3 is 2.26 bits per heavy atom. The van der Waals surface area contributed by atoms with E-state index in [1.54, 1.807) is 0 Å². The molecule has 0 saturated carbocycles. The molecule has 4 heteroatoms. The van der Waals surface area contributed by atoms with E-state index in [4.69, 9.17) is 9.98 Å². The van der Waals surface area contributed by atoms with Crippen LogP contribution in [0.5, 0.6) is 0 Å². The first-order chi connectivity index (χ1) is 24.8. The Morgan fingerprint density at radius 2 is 1.40 bits per heavy atom. The molecule has 9 rings (SSSR count). The van der Waals surface area contributed by atoms with Gasteiger partial charge in [-0.1, -0.05) is 152 Å². The third-order valence-electron chi connectivity index (χ3n) is 9.95. The topological polar surface area (TPSA) is 36.8 Å². The second-order valence-corrected chi connectivity index (χ2v) is 14.3. The van der Waals surface area contributed by atoms with Gasteiger partial charge in [0.05, 0.1) is 0 Å². The highest BCUT2D eigenvalue weighted by molar-refractivity contribution is 8.00. The van der Waals surface area contributed by atoms with Crippen LogP contribution in [-0.4, -0.2) is 16.9 Å². The smallest absolute Gasteiger partial charge is 0.170 e. The minimum atomic E-state index is -0.340. The minimum Gasteiger partial charge on any atom is -0.324 e. The molecule has 3 unspecified atom stereocenters. The molecule has 1 N–H and O–H groups in total. The van der Waals surface area contributed by atoms with Gasteiger partial charge < -0.3 is 5.32 Å². The lowest BCUT2D eigenvalue weighted by molar-refractivity contribution is 0.726. The Balaban J connectivity index is 1.11. The van der Waals surface area contributed by atoms with Crippen LogP contribution in [0.25, 0.3) is 27.8 Å². The second kappa shape index (κ2) is 13.5. The molecule has 0 radical (unpaired) electrons. The lowest BCUT2D eigenvalue weighted by Gasteiger charge is -2.26. The maximum atomic E-state index is 5.31. The summed E-state index contributed by atoms with van der Waals surface area (Å²) in [5.41, 5.74) is 12.2. The fraction of sp³-hybridized carbons (Fsp3) is 0.130. The van der Waals surface area contributed by atoms with Gasteiger partial charge in [0, 0.05) is 32.8 Å². The van der Waals surface area contributed by atoms with Crippen molar-refractivity contribution in [2.45, 2.75) is 41.5 Å². The zero-order chi connectivity index (χ0) is 33.3. The monoisotopic (exact) mass is 663 g/mol. The SMILES string of the molecule is C1=CCC=C(C2=NC(c3cccc4c3C3C=C(c5ccccc5-c5cccc(-c6ccccc6)c5)C=CC3S4)N=C(C3=CCCC=C3)N2)C=C1. The molecule has 0 saturated heterocycles. The number of allylic oxidation sites excluding steroid dienone is 9. The van der Waals surface area contributed by atoms with Crippen molar-refractivity contribution >= 4 is 29.0 Å². The van der Waals surface area contributed by atoms with Crippen LogP contribution in [0.3, 0.4) is 0 Å². The van der Waals surface area contributed by atoms with Gasteiger partial charge in [-0.05, 0) is 70.3 Å². The van der Waals surface area contributed by atoms with Gasteiger partial charge in [-0.15, -0.1) is 11.8 Å². The Bertz CT molecular complexity index is 2260. The summed E-state index contributed by atoms with van der Waals surface area (Å²) < 4.78 is 0. The number of benzene rings is 4. The number of hydrogen-bond acceptors (Lipinski definition) is 4. The van der Waals surface area contributed by atoms with Crippen molar-refractivity contribution < 1.29 is 0 Å². The number of nitrogens with zero attached hydrogens (tertiary/aromatic N) is 2. The van der Waals surface area contributed by atoms with Crippen LogP contribution in [0.15, 0.2) is 190 Å². The fourth-order valence-electron chi connectivity index (χ4n) is 7.50. The maximum Gasteiger partial charge on any atom is 0.170 e. The Labute approximate surface area is 298 Å². The lowest BCUT2D eigenvalue weighted by Crippen LogP contribution is -2.36. The van der Waals surface area contributed by atoms with Crippen molar-refractivity contribution in [3.05, 3.63) is 192 Å². The maximum absolute atomic E-state index is 5.31. The minimum absolute atomic E-state index is 0.220. The number of amidine groups is 2. The van der Waals surface area contributed by atoms with E-state index >= 15 is 0 Å². The largest absolute Gasteiger partial charge is 0.324 e. The molecule has 0 fully saturated rings. The van der Waals surface area contributed by atoms with Crippen LogP contribution in [0.4, 0.5) is 0 Å². The van der Waals surface area contributed by atoms with E-state index in [-0.39, 0.29) is 12.1 Å². The first-order valence-corrected chi connectivity index (χ1v) is 18.4. The van der Waals surface area contributed by atoms with Gasteiger partial charge >= 0.3 is 0 Å². The summed E-state index contributed by atoms with van der Waals surface area (Å²) in [5, 5.41) is 3.95. The number of nitrogens with one attached hydrogen (secondary N) is 1. The summed E-state index contributed by atoms with van der Waals surface area (Å²) in [5.74, 6) is 2.00. The van der Waals surface area contributed by atoms with Crippen molar-refractivity contribution in [2.24, 2.45) is 9.98 Å². The molecule has 3 aliphatic carbocycles. The number of fused-ring (bicyclic) bond motifs is 3. The van der Waals surface area contributed by atoms with E-state index in [9.17, 15) is 0 Å². The zero-order valence-electron chi connectivity index (χ0n) is 27.7. The second-order valence-electron chi connectivity index (χ2n) is 13.1. The van der Waals surface area contributed by atoms with E-state index in [1.807, 2.05) is 11.8 Å². The molecule has 242 valence electrons. The quantitative estimate of drug-likeness (QED) is 0.223. The van der Waals surface area contributed by atoms with Crippen molar-refractivity contribution in [1.29, 1.82) is 0 Å². The van der Waals surface area contributed by atoms with Crippen LogP contribution in [0.2, 0.25) is 0 Å². The number of rotatable bonds is 6.